The average molecular weight is 896 g/mol. The Bertz CT molecular complexity index is 537. The molecule has 15 heteroatoms. The fourth-order valence-electron chi connectivity index (χ4n) is 4.61. The van der Waals surface area contributed by atoms with Gasteiger partial charge in [0.1, 0.15) is 0 Å². The van der Waals surface area contributed by atoms with Crippen molar-refractivity contribution in [3.8, 4) is 0 Å². The van der Waals surface area contributed by atoms with Crippen molar-refractivity contribution < 1.29 is 62.5 Å². The van der Waals surface area contributed by atoms with Gasteiger partial charge in [-0.1, -0.05) is 0 Å². The molecule has 0 aromatic rings. The number of ether oxygens (including phenoxy) is 8. The molecule has 0 radical (unpaired) electrons. The van der Waals surface area contributed by atoms with Crippen LogP contribution in [-0.2, 0) is 62.5 Å². The quantitative estimate of drug-likeness (QED) is 0.0448. The molecule has 310 valence electrons. The summed E-state index contributed by atoms with van der Waals surface area (Å²) in [6.45, 7) is 30.4. The normalized spacial score (nSPS) is 11.3. The summed E-state index contributed by atoms with van der Waals surface area (Å²) < 4.78 is 61.6. The van der Waals surface area contributed by atoms with Crippen LogP contribution < -0.4 is 0 Å². The average Bonchev–Trinajstić information content (AvgIpc) is 3.13. The van der Waals surface area contributed by atoms with Gasteiger partial charge in [-0.25, -0.2) is 0 Å². The number of rotatable bonds is 38. The van der Waals surface area contributed by atoms with Crippen LogP contribution in [0.5, 0.6) is 0 Å². The molecule has 0 atom stereocenters. The van der Waals surface area contributed by atoms with Crippen LogP contribution in [0.4, 0.5) is 0 Å². The molecule has 0 heterocycles. The molecule has 0 aliphatic rings. The zero-order chi connectivity index (χ0) is 38.5. The van der Waals surface area contributed by atoms with E-state index in [1.807, 2.05) is 0 Å². The third kappa shape index (κ3) is 47.7. The first kappa shape index (κ1) is 57.0. The molecule has 0 bridgehead atoms. The maximum absolute atomic E-state index is 8.48. The van der Waals surface area contributed by atoms with Crippen LogP contribution in [0.1, 0.15) is 55.4 Å². The molecule has 10 nitrogen and oxygen atoms in total. The van der Waals surface area contributed by atoms with E-state index in [4.69, 9.17) is 44.9 Å². The van der Waals surface area contributed by atoms with E-state index in [1.54, 1.807) is 0 Å². The van der Waals surface area contributed by atoms with E-state index in [2.05, 4.69) is 55.4 Å². The van der Waals surface area contributed by atoms with Gasteiger partial charge in [-0.15, -0.1) is 31.7 Å². The first-order valence-electron chi connectivity index (χ1n) is 19.4. The van der Waals surface area contributed by atoms with Crippen LogP contribution >= 0.6 is 31.7 Å². The Kier molecular flexibility index (Phi) is 57.7. The molecule has 0 rings (SSSR count). The number of hydrogen-bond donors (Lipinski definition) is 0. The van der Waals surface area contributed by atoms with Crippen molar-refractivity contribution >= 4 is 31.7 Å². The Morgan fingerprint density at radius 2 is 0.392 bits per heavy atom. The monoisotopic (exact) mass is 895 g/mol. The molecule has 0 spiro atoms. The van der Waals surface area contributed by atoms with Crippen molar-refractivity contribution in [3.05, 3.63) is 0 Å². The van der Waals surface area contributed by atoms with E-state index in [1.165, 1.54) is 73.9 Å². The standard InChI is InChI=1S/2C18H40O4P2.2O.Tc/c2*1-5-19-9-13-23(14-10-20-6-2)17-18-24(15-11-21-7-3)16-12-22-8-4;;;/h2*5-18H2,1-4H3;;;/q;;;;+1/i;;;;1+1. The third-order valence-electron chi connectivity index (χ3n) is 7.51. The molecular formula is C36H80O10P4Tc+. The molecule has 0 aliphatic carbocycles. The number of hydrogen-bond acceptors (Lipinski definition) is 10. The molecular weight excluding hydrogens is 815 g/mol. The second-order valence-electron chi connectivity index (χ2n) is 11.0. The first-order chi connectivity index (χ1) is 25.0. The summed E-state index contributed by atoms with van der Waals surface area (Å²) in [6.07, 6.45) is 15.1. The predicted octanol–water partition coefficient (Wildman–Crippen LogP) is 7.95. The van der Waals surface area contributed by atoms with Crippen molar-refractivity contribution in [2.24, 2.45) is 0 Å². The van der Waals surface area contributed by atoms with Crippen LogP contribution in [0.15, 0.2) is 0 Å². The molecule has 0 saturated heterocycles. The van der Waals surface area contributed by atoms with E-state index in [0.29, 0.717) is 0 Å². The van der Waals surface area contributed by atoms with Gasteiger partial charge < -0.3 is 37.9 Å². The zero-order valence-corrected chi connectivity index (χ0v) is 39.5. The van der Waals surface area contributed by atoms with Crippen molar-refractivity contribution in [2.45, 2.75) is 55.4 Å². The van der Waals surface area contributed by atoms with Gasteiger partial charge in [0.05, 0.1) is 52.9 Å². The molecule has 0 amide bonds. The summed E-state index contributed by atoms with van der Waals surface area (Å²) in [7, 11) is 0.124. The van der Waals surface area contributed by atoms with Gasteiger partial charge in [0, 0.05) is 52.9 Å². The summed E-state index contributed by atoms with van der Waals surface area (Å²) in [4.78, 5) is 0. The van der Waals surface area contributed by atoms with Crippen molar-refractivity contribution in [1.29, 1.82) is 0 Å². The second-order valence-corrected chi connectivity index (χ2v) is 22.0. The van der Waals surface area contributed by atoms with Crippen molar-refractivity contribution in [1.82, 2.24) is 0 Å². The van der Waals surface area contributed by atoms with E-state index >= 15 is 0 Å². The van der Waals surface area contributed by atoms with Crippen molar-refractivity contribution in [2.75, 3.05) is 180 Å². The second kappa shape index (κ2) is 51.6. The molecule has 0 aromatic heterocycles. The Morgan fingerprint density at radius 3 is 0.490 bits per heavy atom. The molecule has 0 N–H and O–H groups in total. The Morgan fingerprint density at radius 1 is 0.275 bits per heavy atom. The summed E-state index contributed by atoms with van der Waals surface area (Å²) in [5.74, 6) is 0. The van der Waals surface area contributed by atoms with Gasteiger partial charge in [0.2, 0.25) is 0 Å². The van der Waals surface area contributed by atoms with Crippen LogP contribution in [0.25, 0.3) is 0 Å². The van der Waals surface area contributed by atoms with Crippen LogP contribution in [0, 0.1) is 0 Å². The minimum atomic E-state index is -1.91. The fraction of sp³-hybridized carbons (Fsp3) is 1.00. The van der Waals surface area contributed by atoms with E-state index in [9.17, 15) is 0 Å². The van der Waals surface area contributed by atoms with Gasteiger partial charge in [-0.2, -0.15) is 0 Å². The zero-order valence-electron chi connectivity index (χ0n) is 34.0. The molecule has 0 saturated carbocycles. The fourth-order valence-corrected chi connectivity index (χ4v) is 14.9. The Balaban J connectivity index is -0.000000838. The van der Waals surface area contributed by atoms with Gasteiger partial charge in [-0.05, 0) is 129 Å². The summed E-state index contributed by atoms with van der Waals surface area (Å²) >= 11 is -1.91. The molecule has 0 aromatic carbocycles. The molecule has 51 heavy (non-hydrogen) atoms. The van der Waals surface area contributed by atoms with E-state index in [-0.39, 0.29) is 31.7 Å². The summed E-state index contributed by atoms with van der Waals surface area (Å²) in [5.41, 5.74) is 0. The molecule has 0 unspecified atom stereocenters. The van der Waals surface area contributed by atoms with E-state index in [0.717, 1.165) is 106 Å². The van der Waals surface area contributed by atoms with Gasteiger partial charge in [0.25, 0.3) is 0 Å². The Hall–Kier alpha value is 1.65. The van der Waals surface area contributed by atoms with Gasteiger partial charge in [0.15, 0.2) is 0 Å². The third-order valence-corrected chi connectivity index (χ3v) is 18.2. The van der Waals surface area contributed by atoms with E-state index < -0.39 is 17.6 Å². The topological polar surface area (TPSA) is 108 Å². The Labute approximate surface area is 327 Å². The van der Waals surface area contributed by atoms with Crippen LogP contribution in [0.3, 0.4) is 0 Å². The predicted molar refractivity (Wildman–Crippen MR) is 219 cm³/mol. The minimum absolute atomic E-state index is 0.0310. The SMILES string of the molecule is CCOCCP(CCOCC)CCP(CCOCC)CCOCC.CCOCCP(CCOCC)CCP(CCOCC)CCOCC.[O]=[99Tc+]=[O]. The summed E-state index contributed by atoms with van der Waals surface area (Å²) in [5, 5.41) is 0. The maximum atomic E-state index is 8.48. The van der Waals surface area contributed by atoms with Gasteiger partial charge in [-0.3, -0.25) is 0 Å². The van der Waals surface area contributed by atoms with Crippen molar-refractivity contribution in [3.63, 3.8) is 0 Å². The van der Waals surface area contributed by atoms with Crippen LogP contribution in [0.2, 0.25) is 0 Å². The van der Waals surface area contributed by atoms with Crippen LogP contribution in [-0.4, -0.2) is 180 Å². The first-order valence-corrected chi connectivity index (χ1v) is 28.5. The summed E-state index contributed by atoms with van der Waals surface area (Å²) in [6, 6.07) is 0. The molecule has 0 fully saturated rings. The van der Waals surface area contributed by atoms with Gasteiger partial charge >= 0.3 is 24.6 Å². The molecule has 0 aliphatic heterocycles.